The molecule has 0 amide bonds. The van der Waals surface area contributed by atoms with Gasteiger partial charge >= 0.3 is 0 Å². The molecule has 2 nitrogen and oxygen atoms in total. The van der Waals surface area contributed by atoms with Gasteiger partial charge in [-0.25, -0.2) is 8.42 Å². The molecule has 0 spiro atoms. The highest BCUT2D eigenvalue weighted by Gasteiger charge is 2.31. The first-order chi connectivity index (χ1) is 10.2. The fourth-order valence-electron chi connectivity index (χ4n) is 2.31. The van der Waals surface area contributed by atoms with Gasteiger partial charge in [0.15, 0.2) is 9.84 Å². The van der Waals surface area contributed by atoms with Crippen LogP contribution in [0.5, 0.6) is 0 Å². The maximum atomic E-state index is 13.0. The van der Waals surface area contributed by atoms with Gasteiger partial charge < -0.3 is 0 Å². The second-order valence-electron chi connectivity index (χ2n) is 4.66. The fourth-order valence-corrected chi connectivity index (χ4v) is 5.30. The van der Waals surface area contributed by atoms with E-state index in [9.17, 15) is 8.42 Å². The van der Waals surface area contributed by atoms with E-state index in [2.05, 4.69) is 0 Å². The summed E-state index contributed by atoms with van der Waals surface area (Å²) in [6.45, 7) is 0. The second kappa shape index (κ2) is 5.84. The van der Waals surface area contributed by atoms with Crippen molar-refractivity contribution in [2.75, 3.05) is 0 Å². The molecular formula is C17H14O2S2. The minimum Gasteiger partial charge on any atom is -0.223 e. The molecule has 0 aliphatic rings. The van der Waals surface area contributed by atoms with Crippen molar-refractivity contribution < 1.29 is 8.42 Å². The van der Waals surface area contributed by atoms with Crippen LogP contribution in [-0.4, -0.2) is 8.42 Å². The third kappa shape index (κ3) is 2.77. The summed E-state index contributed by atoms with van der Waals surface area (Å²) in [5, 5.41) is 1.26. The van der Waals surface area contributed by atoms with Gasteiger partial charge in [0.05, 0.1) is 4.90 Å². The first-order valence-corrected chi connectivity index (χ1v) is 8.99. The van der Waals surface area contributed by atoms with E-state index in [1.165, 1.54) is 11.3 Å². The van der Waals surface area contributed by atoms with Gasteiger partial charge in [-0.05, 0) is 29.1 Å². The van der Waals surface area contributed by atoms with Crippen molar-refractivity contribution in [3.8, 4) is 0 Å². The van der Waals surface area contributed by atoms with E-state index in [0.29, 0.717) is 4.90 Å². The van der Waals surface area contributed by atoms with Crippen molar-refractivity contribution in [2.24, 2.45) is 0 Å². The molecule has 0 fully saturated rings. The summed E-state index contributed by atoms with van der Waals surface area (Å²) in [7, 11) is -3.47. The first-order valence-electron chi connectivity index (χ1n) is 6.57. The van der Waals surface area contributed by atoms with Gasteiger partial charge in [-0.3, -0.25) is 0 Å². The van der Waals surface area contributed by atoms with Crippen LogP contribution < -0.4 is 0 Å². The molecule has 0 aliphatic heterocycles. The van der Waals surface area contributed by atoms with Crippen LogP contribution in [0.2, 0.25) is 0 Å². The summed E-state index contributed by atoms with van der Waals surface area (Å²) in [5.74, 6) is 0. The van der Waals surface area contributed by atoms with Gasteiger partial charge in [0.1, 0.15) is 5.25 Å². The molecule has 3 rings (SSSR count). The van der Waals surface area contributed by atoms with Crippen LogP contribution in [0, 0.1) is 0 Å². The Morgan fingerprint density at radius 2 is 1.38 bits per heavy atom. The highest BCUT2D eigenvalue weighted by molar-refractivity contribution is 7.92. The number of sulfone groups is 1. The molecule has 106 valence electrons. The Bertz CT molecular complexity index is 793. The number of benzene rings is 2. The minimum atomic E-state index is -3.47. The number of thiophene rings is 1. The Hall–Kier alpha value is -1.91. The Labute approximate surface area is 128 Å². The summed E-state index contributed by atoms with van der Waals surface area (Å²) >= 11 is 1.47. The lowest BCUT2D eigenvalue weighted by Gasteiger charge is -2.17. The second-order valence-corrected chi connectivity index (χ2v) is 7.68. The molecule has 0 N–H and O–H groups in total. The van der Waals surface area contributed by atoms with Crippen molar-refractivity contribution in [3.63, 3.8) is 0 Å². The lowest BCUT2D eigenvalue weighted by atomic mass is 10.1. The van der Waals surface area contributed by atoms with Gasteiger partial charge in [-0.2, -0.15) is 0 Å². The van der Waals surface area contributed by atoms with Crippen molar-refractivity contribution >= 4 is 21.2 Å². The lowest BCUT2D eigenvalue weighted by Crippen LogP contribution is -2.14. The van der Waals surface area contributed by atoms with Gasteiger partial charge in [0.2, 0.25) is 0 Å². The van der Waals surface area contributed by atoms with Crippen LogP contribution in [0.15, 0.2) is 83.1 Å². The standard InChI is InChI=1S/C17H14O2S2/c18-21(19,15-10-5-2-6-11-15)17(16-12-7-13-20-16)14-8-3-1-4-9-14/h1-13,17H. The quantitative estimate of drug-likeness (QED) is 0.719. The number of hydrogen-bond acceptors (Lipinski definition) is 3. The topological polar surface area (TPSA) is 34.1 Å². The third-order valence-electron chi connectivity index (χ3n) is 3.29. The molecule has 1 unspecified atom stereocenters. The predicted octanol–water partition coefficient (Wildman–Crippen LogP) is 4.31. The molecule has 21 heavy (non-hydrogen) atoms. The number of rotatable bonds is 4. The Balaban J connectivity index is 2.17. The Morgan fingerprint density at radius 3 is 1.95 bits per heavy atom. The summed E-state index contributed by atoms with van der Waals surface area (Å²) in [6, 6.07) is 21.8. The summed E-state index contributed by atoms with van der Waals surface area (Å²) in [6.07, 6.45) is 0. The largest absolute Gasteiger partial charge is 0.223 e. The van der Waals surface area contributed by atoms with Crippen LogP contribution in [-0.2, 0) is 9.84 Å². The van der Waals surface area contributed by atoms with Crippen molar-refractivity contribution in [2.45, 2.75) is 10.1 Å². The molecule has 0 saturated carbocycles. The molecule has 0 aliphatic carbocycles. The molecule has 0 radical (unpaired) electrons. The van der Waals surface area contributed by atoms with E-state index in [4.69, 9.17) is 0 Å². The van der Waals surface area contributed by atoms with E-state index >= 15 is 0 Å². The van der Waals surface area contributed by atoms with E-state index in [1.807, 2.05) is 53.9 Å². The van der Waals surface area contributed by atoms with Gasteiger partial charge in [-0.15, -0.1) is 11.3 Å². The minimum absolute atomic E-state index is 0.354. The maximum Gasteiger partial charge on any atom is 0.190 e. The number of hydrogen-bond donors (Lipinski definition) is 0. The molecule has 1 aromatic heterocycles. The normalized spacial score (nSPS) is 13.0. The molecule has 0 bridgehead atoms. The van der Waals surface area contributed by atoms with Crippen LogP contribution >= 0.6 is 11.3 Å². The highest BCUT2D eigenvalue weighted by atomic mass is 32.2. The van der Waals surface area contributed by atoms with Gasteiger partial charge in [0.25, 0.3) is 0 Å². The molecular weight excluding hydrogens is 300 g/mol. The molecule has 2 aromatic carbocycles. The van der Waals surface area contributed by atoms with E-state index in [0.717, 1.165) is 10.4 Å². The van der Waals surface area contributed by atoms with Crippen LogP contribution in [0.3, 0.4) is 0 Å². The molecule has 4 heteroatoms. The SMILES string of the molecule is O=S(=O)(c1ccccc1)C(c1ccccc1)c1cccs1. The summed E-state index contributed by atoms with van der Waals surface area (Å²) in [5.41, 5.74) is 0.795. The van der Waals surface area contributed by atoms with Crippen LogP contribution in [0.1, 0.15) is 15.7 Å². The Morgan fingerprint density at radius 1 is 0.762 bits per heavy atom. The Kier molecular flexibility index (Phi) is 3.90. The highest BCUT2D eigenvalue weighted by Crippen LogP contribution is 2.36. The van der Waals surface area contributed by atoms with Crippen molar-refractivity contribution in [1.82, 2.24) is 0 Å². The molecule has 1 atom stereocenters. The predicted molar refractivity (Wildman–Crippen MR) is 86.2 cm³/mol. The zero-order valence-electron chi connectivity index (χ0n) is 11.2. The van der Waals surface area contributed by atoms with Crippen LogP contribution in [0.4, 0.5) is 0 Å². The monoisotopic (exact) mass is 314 g/mol. The van der Waals surface area contributed by atoms with Gasteiger partial charge in [-0.1, -0.05) is 54.6 Å². The average molecular weight is 314 g/mol. The molecule has 3 aromatic rings. The third-order valence-corrected chi connectivity index (χ3v) is 6.45. The van der Waals surface area contributed by atoms with Gasteiger partial charge in [0, 0.05) is 4.88 Å². The molecule has 0 saturated heterocycles. The summed E-state index contributed by atoms with van der Waals surface area (Å²) in [4.78, 5) is 1.19. The zero-order chi connectivity index (χ0) is 14.7. The summed E-state index contributed by atoms with van der Waals surface area (Å²) < 4.78 is 26.1. The molecule has 1 heterocycles. The lowest BCUT2D eigenvalue weighted by molar-refractivity contribution is 0.589. The van der Waals surface area contributed by atoms with E-state index < -0.39 is 15.1 Å². The smallest absolute Gasteiger partial charge is 0.190 e. The average Bonchev–Trinajstić information content (AvgIpc) is 3.03. The maximum absolute atomic E-state index is 13.0. The zero-order valence-corrected chi connectivity index (χ0v) is 12.8. The van der Waals surface area contributed by atoms with Crippen molar-refractivity contribution in [1.29, 1.82) is 0 Å². The fraction of sp³-hybridized carbons (Fsp3) is 0.0588. The first kappa shape index (κ1) is 14.0. The van der Waals surface area contributed by atoms with Crippen LogP contribution in [0.25, 0.3) is 0 Å². The van der Waals surface area contributed by atoms with E-state index in [1.54, 1.807) is 24.3 Å². The van der Waals surface area contributed by atoms with Crippen molar-refractivity contribution in [3.05, 3.63) is 88.6 Å². The van der Waals surface area contributed by atoms with E-state index in [-0.39, 0.29) is 0 Å².